The van der Waals surface area contributed by atoms with Crippen LogP contribution in [-0.2, 0) is 19.1 Å². The van der Waals surface area contributed by atoms with Crippen molar-refractivity contribution in [3.8, 4) is 0 Å². The van der Waals surface area contributed by atoms with Crippen molar-refractivity contribution in [3.05, 3.63) is 71.8 Å². The summed E-state index contributed by atoms with van der Waals surface area (Å²) in [7, 11) is 0. The third-order valence-corrected chi connectivity index (χ3v) is 3.37. The van der Waals surface area contributed by atoms with Gasteiger partial charge in [0.1, 0.15) is 0 Å². The number of rotatable bonds is 8. The van der Waals surface area contributed by atoms with E-state index in [9.17, 15) is 29.7 Å². The van der Waals surface area contributed by atoms with E-state index in [0.29, 0.717) is 0 Å². The van der Waals surface area contributed by atoms with E-state index in [1.54, 1.807) is 24.3 Å². The maximum absolute atomic E-state index is 12.0. The molecule has 8 heteroatoms. The number of carbonyl (C=O) groups excluding carboxylic acids is 1. The zero-order chi connectivity index (χ0) is 19.1. The summed E-state index contributed by atoms with van der Waals surface area (Å²) < 4.78 is 9.76. The highest BCUT2D eigenvalue weighted by Gasteiger charge is 2.40. The van der Waals surface area contributed by atoms with E-state index in [2.05, 4.69) is 0 Å². The van der Waals surface area contributed by atoms with Gasteiger partial charge in [0.15, 0.2) is 6.29 Å². The molecule has 3 unspecified atom stereocenters. The van der Waals surface area contributed by atoms with Gasteiger partial charge in [-0.05, 0) is 12.1 Å². The van der Waals surface area contributed by atoms with E-state index >= 15 is 0 Å². The second kappa shape index (κ2) is 8.75. The largest absolute Gasteiger partial charge is 0.479 e. The highest BCUT2D eigenvalue weighted by molar-refractivity contribution is 5.92. The fraction of sp³-hybridized carbons (Fsp3) is 0.167. The summed E-state index contributed by atoms with van der Waals surface area (Å²) in [5.41, 5.74) is 0.267. The Morgan fingerprint density at radius 2 is 1.27 bits per heavy atom. The quantitative estimate of drug-likeness (QED) is 0.476. The highest BCUT2D eigenvalue weighted by Crippen LogP contribution is 2.19. The molecule has 0 bridgehead atoms. The Bertz CT molecular complexity index is 759. The Kier molecular flexibility index (Phi) is 6.42. The van der Waals surface area contributed by atoms with Gasteiger partial charge in [-0.15, -0.1) is 0 Å². The van der Waals surface area contributed by atoms with Crippen molar-refractivity contribution in [1.29, 1.82) is 0 Å². The topological polar surface area (TPSA) is 130 Å². The van der Waals surface area contributed by atoms with Crippen molar-refractivity contribution >= 4 is 17.9 Å². The number of aliphatic hydroxyl groups excluding tert-OH is 1. The zero-order valence-corrected chi connectivity index (χ0v) is 13.4. The molecule has 0 aromatic heterocycles. The standard InChI is InChI=1S/C18H16O8/c19-15(20)13(25-17(23)11-7-3-1-4-8-11)14(16(21)22)26-18(24)12-9-5-2-6-10-12/h1-10,13-14,17,23H,(H,19,20)(H,21,22). The number of esters is 1. The Balaban J connectivity index is 2.19. The molecular formula is C18H16O8. The number of carboxylic acids is 2. The summed E-state index contributed by atoms with van der Waals surface area (Å²) in [5, 5.41) is 28.6. The van der Waals surface area contributed by atoms with Crippen LogP contribution in [0.5, 0.6) is 0 Å². The third-order valence-electron chi connectivity index (χ3n) is 3.37. The molecule has 0 saturated carbocycles. The Morgan fingerprint density at radius 1 is 0.769 bits per heavy atom. The number of aliphatic hydroxyl groups is 1. The minimum absolute atomic E-state index is 0.0477. The average Bonchev–Trinajstić information content (AvgIpc) is 2.65. The Morgan fingerprint density at radius 3 is 1.77 bits per heavy atom. The third kappa shape index (κ3) is 4.88. The normalized spacial score (nSPS) is 14.0. The number of benzene rings is 2. The maximum atomic E-state index is 12.0. The van der Waals surface area contributed by atoms with Crippen LogP contribution >= 0.6 is 0 Å². The van der Waals surface area contributed by atoms with Crippen LogP contribution in [0.4, 0.5) is 0 Å². The SMILES string of the molecule is O=C(OC(C(=O)O)C(OC(O)c1ccccc1)C(=O)O)c1ccccc1. The first kappa shape index (κ1) is 19.1. The first-order valence-electron chi connectivity index (χ1n) is 7.50. The van der Waals surface area contributed by atoms with Crippen LogP contribution in [0.15, 0.2) is 60.7 Å². The molecule has 0 heterocycles. The van der Waals surface area contributed by atoms with Crippen LogP contribution in [0, 0.1) is 0 Å². The summed E-state index contributed by atoms with van der Waals surface area (Å²) in [4.78, 5) is 34.9. The summed E-state index contributed by atoms with van der Waals surface area (Å²) >= 11 is 0. The van der Waals surface area contributed by atoms with E-state index in [4.69, 9.17) is 9.47 Å². The number of hydrogen-bond donors (Lipinski definition) is 3. The van der Waals surface area contributed by atoms with Crippen LogP contribution in [-0.4, -0.2) is 45.4 Å². The predicted octanol–water partition coefficient (Wildman–Crippen LogP) is 1.46. The molecule has 0 amide bonds. The number of carboxylic acid groups (broad SMARTS) is 2. The van der Waals surface area contributed by atoms with E-state index in [1.165, 1.54) is 36.4 Å². The fourth-order valence-corrected chi connectivity index (χ4v) is 2.09. The van der Waals surface area contributed by atoms with Crippen molar-refractivity contribution in [1.82, 2.24) is 0 Å². The van der Waals surface area contributed by atoms with Crippen LogP contribution in [0.1, 0.15) is 22.2 Å². The van der Waals surface area contributed by atoms with Crippen LogP contribution < -0.4 is 0 Å². The Labute approximate surface area is 148 Å². The monoisotopic (exact) mass is 360 g/mol. The lowest BCUT2D eigenvalue weighted by atomic mass is 10.1. The van der Waals surface area contributed by atoms with Gasteiger partial charge in [-0.3, -0.25) is 0 Å². The van der Waals surface area contributed by atoms with Gasteiger partial charge in [-0.25, -0.2) is 14.4 Å². The molecule has 0 aliphatic carbocycles. The molecule has 2 rings (SSSR count). The minimum Gasteiger partial charge on any atom is -0.479 e. The summed E-state index contributed by atoms with van der Waals surface area (Å²) in [6.45, 7) is 0. The van der Waals surface area contributed by atoms with Crippen LogP contribution in [0.3, 0.4) is 0 Å². The lowest BCUT2D eigenvalue weighted by Crippen LogP contribution is -2.45. The van der Waals surface area contributed by atoms with Gasteiger partial charge in [0.25, 0.3) is 0 Å². The van der Waals surface area contributed by atoms with E-state index < -0.39 is 36.4 Å². The molecule has 2 aromatic carbocycles. The zero-order valence-electron chi connectivity index (χ0n) is 13.4. The molecule has 0 fully saturated rings. The minimum atomic E-state index is -2.15. The summed E-state index contributed by atoms with van der Waals surface area (Å²) in [6, 6.07) is 15.3. The first-order valence-corrected chi connectivity index (χ1v) is 7.50. The second-order valence-electron chi connectivity index (χ2n) is 5.19. The molecule has 0 aliphatic rings. The molecule has 0 radical (unpaired) electrons. The summed E-state index contributed by atoms with van der Waals surface area (Å²) in [5.74, 6) is -4.45. The maximum Gasteiger partial charge on any atom is 0.348 e. The number of aliphatic carboxylic acids is 2. The number of ether oxygens (including phenoxy) is 2. The van der Waals surface area contributed by atoms with Crippen LogP contribution in [0.2, 0.25) is 0 Å². The van der Waals surface area contributed by atoms with Gasteiger partial charge >= 0.3 is 17.9 Å². The predicted molar refractivity (Wildman–Crippen MR) is 87.2 cm³/mol. The van der Waals surface area contributed by atoms with E-state index in [-0.39, 0.29) is 11.1 Å². The van der Waals surface area contributed by atoms with Crippen LogP contribution in [0.25, 0.3) is 0 Å². The highest BCUT2D eigenvalue weighted by atomic mass is 16.6. The first-order chi connectivity index (χ1) is 12.4. The number of carbonyl (C=O) groups is 3. The molecule has 8 nitrogen and oxygen atoms in total. The second-order valence-corrected chi connectivity index (χ2v) is 5.19. The van der Waals surface area contributed by atoms with Gasteiger partial charge in [0.2, 0.25) is 12.2 Å². The average molecular weight is 360 g/mol. The molecule has 3 N–H and O–H groups in total. The molecule has 0 saturated heterocycles. The molecule has 2 aromatic rings. The van der Waals surface area contributed by atoms with E-state index in [1.807, 2.05) is 0 Å². The molecule has 0 aliphatic heterocycles. The van der Waals surface area contributed by atoms with Gasteiger partial charge in [0, 0.05) is 5.56 Å². The van der Waals surface area contributed by atoms with Crippen molar-refractivity contribution in [2.45, 2.75) is 18.5 Å². The lowest BCUT2D eigenvalue weighted by Gasteiger charge is -2.23. The van der Waals surface area contributed by atoms with Crippen molar-refractivity contribution in [3.63, 3.8) is 0 Å². The van der Waals surface area contributed by atoms with Gasteiger partial charge < -0.3 is 24.8 Å². The Hall–Kier alpha value is -3.23. The van der Waals surface area contributed by atoms with Gasteiger partial charge in [-0.2, -0.15) is 0 Å². The molecule has 26 heavy (non-hydrogen) atoms. The molecule has 3 atom stereocenters. The fourth-order valence-electron chi connectivity index (χ4n) is 2.09. The van der Waals surface area contributed by atoms with Crippen molar-refractivity contribution < 1.29 is 39.2 Å². The lowest BCUT2D eigenvalue weighted by molar-refractivity contribution is -0.199. The molecular weight excluding hydrogens is 344 g/mol. The molecule has 0 spiro atoms. The van der Waals surface area contributed by atoms with Crippen molar-refractivity contribution in [2.24, 2.45) is 0 Å². The van der Waals surface area contributed by atoms with Gasteiger partial charge in [0.05, 0.1) is 5.56 Å². The van der Waals surface area contributed by atoms with E-state index in [0.717, 1.165) is 0 Å². The van der Waals surface area contributed by atoms with Gasteiger partial charge in [-0.1, -0.05) is 48.5 Å². The van der Waals surface area contributed by atoms with Crippen molar-refractivity contribution in [2.75, 3.05) is 0 Å². The number of hydrogen-bond acceptors (Lipinski definition) is 6. The smallest absolute Gasteiger partial charge is 0.348 e. The molecule has 136 valence electrons. The summed E-state index contributed by atoms with van der Waals surface area (Å²) in [6.07, 6.45) is -5.98.